The third-order valence-electron chi connectivity index (χ3n) is 3.62. The summed E-state index contributed by atoms with van der Waals surface area (Å²) in [7, 11) is 0. The highest BCUT2D eigenvalue weighted by molar-refractivity contribution is 7.10. The van der Waals surface area contributed by atoms with Crippen LogP contribution in [0.2, 0.25) is 0 Å². The van der Waals surface area contributed by atoms with E-state index >= 15 is 0 Å². The number of likely N-dealkylation sites (N-methyl/N-ethyl adjacent to an activating group) is 1. The minimum Gasteiger partial charge on any atom is -0.336 e. The Bertz CT molecular complexity index is 529. The van der Waals surface area contributed by atoms with Crippen LogP contribution in [0.3, 0.4) is 0 Å². The van der Waals surface area contributed by atoms with Gasteiger partial charge in [-0.05, 0) is 19.5 Å². The molecule has 1 unspecified atom stereocenters. The Balaban J connectivity index is 2.03. The lowest BCUT2D eigenvalue weighted by molar-refractivity contribution is 0.0529. The lowest BCUT2D eigenvalue weighted by Crippen LogP contribution is -2.53. The lowest BCUT2D eigenvalue weighted by atomic mass is 10.1. The number of nitrogens with zero attached hydrogens (tertiary/aromatic N) is 2. The molecule has 1 aliphatic heterocycles. The predicted molar refractivity (Wildman–Crippen MR) is 82.9 cm³/mol. The molecular weight excluding hydrogens is 270 g/mol. The third kappa shape index (κ3) is 3.40. The molecule has 1 amide bonds. The van der Waals surface area contributed by atoms with Crippen molar-refractivity contribution in [3.63, 3.8) is 0 Å². The van der Waals surface area contributed by atoms with Crippen molar-refractivity contribution in [2.24, 2.45) is 5.73 Å². The molecule has 1 fully saturated rings. The Hall–Kier alpha value is -1.35. The van der Waals surface area contributed by atoms with Gasteiger partial charge in [-0.3, -0.25) is 9.69 Å². The molecule has 0 radical (unpaired) electrons. The molecule has 1 aromatic heterocycles. The van der Waals surface area contributed by atoms with Crippen molar-refractivity contribution in [3.05, 3.63) is 21.9 Å². The van der Waals surface area contributed by atoms with Crippen LogP contribution in [-0.2, 0) is 0 Å². The zero-order valence-electron chi connectivity index (χ0n) is 12.1. The average Bonchev–Trinajstić information content (AvgIpc) is 2.93. The van der Waals surface area contributed by atoms with Gasteiger partial charge in [0.2, 0.25) is 0 Å². The molecule has 0 saturated carbocycles. The lowest BCUT2D eigenvalue weighted by Gasteiger charge is -2.39. The smallest absolute Gasteiger partial charge is 0.254 e. The molecule has 1 aromatic rings. The number of hydrogen-bond acceptors (Lipinski definition) is 4. The Kier molecular flexibility index (Phi) is 5.18. The zero-order valence-corrected chi connectivity index (χ0v) is 12.9. The Morgan fingerprint density at radius 2 is 2.35 bits per heavy atom. The quantitative estimate of drug-likeness (QED) is 0.834. The van der Waals surface area contributed by atoms with E-state index < -0.39 is 0 Å². The summed E-state index contributed by atoms with van der Waals surface area (Å²) in [5.74, 6) is 5.90. The first-order valence-electron chi connectivity index (χ1n) is 6.96. The van der Waals surface area contributed by atoms with Gasteiger partial charge in [-0.25, -0.2) is 0 Å². The van der Waals surface area contributed by atoms with Gasteiger partial charge in [-0.2, -0.15) is 0 Å². The number of amides is 1. The SMILES string of the molecule is CCN1CCN(C(=O)c2csc(C#CCN)c2)CC1C. The van der Waals surface area contributed by atoms with Crippen molar-refractivity contribution in [3.8, 4) is 11.8 Å². The topological polar surface area (TPSA) is 49.6 Å². The molecule has 2 rings (SSSR count). The van der Waals surface area contributed by atoms with Crippen molar-refractivity contribution in [1.29, 1.82) is 0 Å². The van der Waals surface area contributed by atoms with Crippen molar-refractivity contribution < 1.29 is 4.79 Å². The second-order valence-electron chi connectivity index (χ2n) is 4.93. The number of carbonyl (C=O) groups excluding carboxylic acids is 1. The molecule has 0 aromatic carbocycles. The first-order valence-corrected chi connectivity index (χ1v) is 7.84. The van der Waals surface area contributed by atoms with Gasteiger partial charge in [0.05, 0.1) is 17.0 Å². The molecule has 4 nitrogen and oxygen atoms in total. The molecule has 0 spiro atoms. The summed E-state index contributed by atoms with van der Waals surface area (Å²) in [6.45, 7) is 8.28. The van der Waals surface area contributed by atoms with Gasteiger partial charge < -0.3 is 10.6 Å². The summed E-state index contributed by atoms with van der Waals surface area (Å²) in [6, 6.07) is 2.29. The summed E-state index contributed by atoms with van der Waals surface area (Å²) in [4.78, 5) is 17.7. The van der Waals surface area contributed by atoms with Crippen LogP contribution in [0, 0.1) is 11.8 Å². The zero-order chi connectivity index (χ0) is 14.5. The van der Waals surface area contributed by atoms with Gasteiger partial charge in [0.15, 0.2) is 0 Å². The highest BCUT2D eigenvalue weighted by atomic mass is 32.1. The van der Waals surface area contributed by atoms with E-state index in [1.54, 1.807) is 0 Å². The molecule has 108 valence electrons. The molecule has 2 heterocycles. The maximum Gasteiger partial charge on any atom is 0.254 e. The molecule has 1 aliphatic rings. The van der Waals surface area contributed by atoms with Crippen LogP contribution in [0.15, 0.2) is 11.4 Å². The fourth-order valence-electron chi connectivity index (χ4n) is 2.48. The van der Waals surface area contributed by atoms with E-state index in [0.29, 0.717) is 12.6 Å². The van der Waals surface area contributed by atoms with Gasteiger partial charge in [0, 0.05) is 31.1 Å². The normalized spacial score (nSPS) is 19.6. The summed E-state index contributed by atoms with van der Waals surface area (Å²) >= 11 is 1.50. The second-order valence-corrected chi connectivity index (χ2v) is 5.85. The summed E-state index contributed by atoms with van der Waals surface area (Å²) in [6.07, 6.45) is 0. The predicted octanol–water partition coefficient (Wildman–Crippen LogP) is 1.22. The van der Waals surface area contributed by atoms with Crippen LogP contribution >= 0.6 is 11.3 Å². The van der Waals surface area contributed by atoms with Crippen LogP contribution in [0.25, 0.3) is 0 Å². The summed E-state index contributed by atoms with van der Waals surface area (Å²) in [5.41, 5.74) is 6.10. The first-order chi connectivity index (χ1) is 9.65. The Morgan fingerprint density at radius 1 is 1.55 bits per heavy atom. The van der Waals surface area contributed by atoms with E-state index in [4.69, 9.17) is 5.73 Å². The van der Waals surface area contributed by atoms with Crippen LogP contribution in [0.1, 0.15) is 29.1 Å². The van der Waals surface area contributed by atoms with E-state index in [0.717, 1.165) is 36.6 Å². The minimum absolute atomic E-state index is 0.115. The highest BCUT2D eigenvalue weighted by Gasteiger charge is 2.26. The molecule has 1 saturated heterocycles. The maximum absolute atomic E-state index is 12.5. The fraction of sp³-hybridized carbons (Fsp3) is 0.533. The van der Waals surface area contributed by atoms with Crippen molar-refractivity contribution >= 4 is 17.2 Å². The first kappa shape index (κ1) is 15.0. The second kappa shape index (κ2) is 6.89. The Morgan fingerprint density at radius 3 is 3.00 bits per heavy atom. The van der Waals surface area contributed by atoms with Crippen LogP contribution in [0.4, 0.5) is 0 Å². The number of hydrogen-bond donors (Lipinski definition) is 1. The number of piperazine rings is 1. The maximum atomic E-state index is 12.5. The van der Waals surface area contributed by atoms with Crippen LogP contribution < -0.4 is 5.73 Å². The van der Waals surface area contributed by atoms with Gasteiger partial charge in [0.1, 0.15) is 0 Å². The third-order valence-corrected chi connectivity index (χ3v) is 4.46. The molecule has 0 aliphatic carbocycles. The standard InChI is InChI=1S/C15H21N3OS/c1-3-17-7-8-18(10-12(17)2)15(19)13-9-14(20-11-13)5-4-6-16/h9,11-12H,3,6-8,10,16H2,1-2H3. The van der Waals surface area contributed by atoms with Gasteiger partial charge in [-0.15, -0.1) is 11.3 Å². The largest absolute Gasteiger partial charge is 0.336 e. The fourth-order valence-corrected chi connectivity index (χ4v) is 3.23. The van der Waals surface area contributed by atoms with E-state index in [1.165, 1.54) is 11.3 Å². The number of nitrogens with two attached hydrogens (primary N) is 1. The van der Waals surface area contributed by atoms with Gasteiger partial charge in [-0.1, -0.05) is 18.8 Å². The van der Waals surface area contributed by atoms with Crippen LogP contribution in [-0.4, -0.2) is 54.5 Å². The van der Waals surface area contributed by atoms with E-state index in [-0.39, 0.29) is 5.91 Å². The number of rotatable bonds is 2. The molecule has 5 heteroatoms. The van der Waals surface area contributed by atoms with Crippen LogP contribution in [0.5, 0.6) is 0 Å². The number of thiophene rings is 1. The summed E-state index contributed by atoms with van der Waals surface area (Å²) in [5, 5.41) is 1.89. The number of carbonyl (C=O) groups is 1. The highest BCUT2D eigenvalue weighted by Crippen LogP contribution is 2.18. The van der Waals surface area contributed by atoms with Gasteiger partial charge in [0.25, 0.3) is 5.91 Å². The average molecular weight is 291 g/mol. The van der Waals surface area contributed by atoms with Crippen molar-refractivity contribution in [1.82, 2.24) is 9.80 Å². The molecular formula is C15H21N3OS. The van der Waals surface area contributed by atoms with E-state index in [9.17, 15) is 4.79 Å². The Labute approximate surface area is 124 Å². The molecule has 20 heavy (non-hydrogen) atoms. The minimum atomic E-state index is 0.115. The molecule has 0 bridgehead atoms. The van der Waals surface area contributed by atoms with E-state index in [1.807, 2.05) is 16.3 Å². The molecule has 2 N–H and O–H groups in total. The van der Waals surface area contributed by atoms with Gasteiger partial charge >= 0.3 is 0 Å². The van der Waals surface area contributed by atoms with E-state index in [2.05, 4.69) is 30.6 Å². The van der Waals surface area contributed by atoms with Crippen molar-refractivity contribution in [2.75, 3.05) is 32.7 Å². The van der Waals surface area contributed by atoms with Crippen molar-refractivity contribution in [2.45, 2.75) is 19.9 Å². The summed E-state index contributed by atoms with van der Waals surface area (Å²) < 4.78 is 0. The monoisotopic (exact) mass is 291 g/mol. The molecule has 1 atom stereocenters.